The van der Waals surface area contributed by atoms with E-state index in [1.165, 1.54) is 0 Å². The lowest BCUT2D eigenvalue weighted by molar-refractivity contribution is -0.172. The van der Waals surface area contributed by atoms with E-state index in [2.05, 4.69) is 0 Å². The predicted molar refractivity (Wildman–Crippen MR) is 71.1 cm³/mol. The highest BCUT2D eigenvalue weighted by molar-refractivity contribution is 5.82. The standard InChI is InChI=1S/C15H18O5/c16-13(20-12-7-3-1-4-8-12)11-19-14(17)15(18)9-5-2-6-10-15/h1,3-4,7-8,18H,2,5-6,9-11H2. The Labute approximate surface area is 117 Å². The highest BCUT2D eigenvalue weighted by Crippen LogP contribution is 2.29. The number of carbonyl (C=O) groups is 2. The molecule has 1 N–H and O–H groups in total. The quantitative estimate of drug-likeness (QED) is 0.672. The fourth-order valence-electron chi connectivity index (χ4n) is 2.25. The molecule has 0 aliphatic heterocycles. The number of esters is 2. The molecule has 2 rings (SSSR count). The Morgan fingerprint density at radius 2 is 1.75 bits per heavy atom. The van der Waals surface area contributed by atoms with Crippen LogP contribution in [0.5, 0.6) is 5.75 Å². The minimum absolute atomic E-state index is 0.388. The van der Waals surface area contributed by atoms with E-state index in [-0.39, 0.29) is 0 Å². The number of benzene rings is 1. The van der Waals surface area contributed by atoms with E-state index in [0.717, 1.165) is 19.3 Å². The molecule has 0 spiro atoms. The van der Waals surface area contributed by atoms with Gasteiger partial charge in [0.1, 0.15) is 5.75 Å². The molecule has 0 atom stereocenters. The van der Waals surface area contributed by atoms with Crippen LogP contribution in [-0.2, 0) is 14.3 Å². The van der Waals surface area contributed by atoms with Gasteiger partial charge < -0.3 is 14.6 Å². The van der Waals surface area contributed by atoms with Gasteiger partial charge >= 0.3 is 11.9 Å². The normalized spacial score (nSPS) is 17.2. The van der Waals surface area contributed by atoms with Crippen molar-refractivity contribution < 1.29 is 24.2 Å². The first kappa shape index (κ1) is 14.5. The molecule has 1 saturated carbocycles. The Balaban J connectivity index is 1.79. The Kier molecular flexibility index (Phi) is 4.74. The van der Waals surface area contributed by atoms with Crippen LogP contribution >= 0.6 is 0 Å². The third-order valence-electron chi connectivity index (χ3n) is 3.36. The molecule has 1 aromatic carbocycles. The summed E-state index contributed by atoms with van der Waals surface area (Å²) >= 11 is 0. The molecular weight excluding hydrogens is 260 g/mol. The number of ether oxygens (including phenoxy) is 2. The molecule has 0 aromatic heterocycles. The minimum atomic E-state index is -1.44. The monoisotopic (exact) mass is 278 g/mol. The van der Waals surface area contributed by atoms with Gasteiger partial charge in [-0.05, 0) is 37.8 Å². The van der Waals surface area contributed by atoms with Crippen molar-refractivity contribution in [3.8, 4) is 5.75 Å². The molecule has 108 valence electrons. The van der Waals surface area contributed by atoms with Crippen molar-refractivity contribution in [1.82, 2.24) is 0 Å². The number of rotatable bonds is 4. The molecule has 5 nitrogen and oxygen atoms in total. The van der Waals surface area contributed by atoms with Crippen LogP contribution in [0.15, 0.2) is 30.3 Å². The largest absolute Gasteiger partial charge is 0.452 e. The van der Waals surface area contributed by atoms with Gasteiger partial charge in [-0.3, -0.25) is 0 Å². The molecule has 0 heterocycles. The maximum Gasteiger partial charge on any atom is 0.349 e. The Bertz CT molecular complexity index is 462. The van der Waals surface area contributed by atoms with Gasteiger partial charge in [0.2, 0.25) is 0 Å². The van der Waals surface area contributed by atoms with Crippen LogP contribution in [0, 0.1) is 0 Å². The van der Waals surface area contributed by atoms with E-state index in [4.69, 9.17) is 9.47 Å². The van der Waals surface area contributed by atoms with Crippen LogP contribution in [0.25, 0.3) is 0 Å². The van der Waals surface area contributed by atoms with Crippen LogP contribution in [0.1, 0.15) is 32.1 Å². The van der Waals surface area contributed by atoms with Crippen LogP contribution in [-0.4, -0.2) is 29.3 Å². The summed E-state index contributed by atoms with van der Waals surface area (Å²) in [6.07, 6.45) is 3.37. The highest BCUT2D eigenvalue weighted by Gasteiger charge is 2.38. The zero-order chi connectivity index (χ0) is 14.4. The molecule has 0 radical (unpaired) electrons. The van der Waals surface area contributed by atoms with E-state index in [9.17, 15) is 14.7 Å². The molecule has 0 saturated heterocycles. The van der Waals surface area contributed by atoms with Crippen LogP contribution < -0.4 is 4.74 Å². The summed E-state index contributed by atoms with van der Waals surface area (Å²) in [5.74, 6) is -1.00. The molecule has 0 unspecified atom stereocenters. The second-order valence-corrected chi connectivity index (χ2v) is 4.96. The summed E-state index contributed by atoms with van der Waals surface area (Å²) in [5, 5.41) is 10.1. The van der Waals surface area contributed by atoms with Gasteiger partial charge in [-0.1, -0.05) is 24.6 Å². The minimum Gasteiger partial charge on any atom is -0.452 e. The summed E-state index contributed by atoms with van der Waals surface area (Å²) in [7, 11) is 0. The lowest BCUT2D eigenvalue weighted by Crippen LogP contribution is -2.42. The smallest absolute Gasteiger partial charge is 0.349 e. The predicted octanol–water partition coefficient (Wildman–Crippen LogP) is 1.83. The van der Waals surface area contributed by atoms with Gasteiger partial charge in [0.25, 0.3) is 0 Å². The molecule has 1 aliphatic rings. The average Bonchev–Trinajstić information content (AvgIpc) is 2.46. The van der Waals surface area contributed by atoms with Crippen molar-refractivity contribution >= 4 is 11.9 Å². The number of carbonyl (C=O) groups excluding carboxylic acids is 2. The van der Waals surface area contributed by atoms with Crippen molar-refractivity contribution in [3.63, 3.8) is 0 Å². The van der Waals surface area contributed by atoms with Crippen LogP contribution in [0.2, 0.25) is 0 Å². The maximum absolute atomic E-state index is 11.8. The summed E-state index contributed by atoms with van der Waals surface area (Å²) in [4.78, 5) is 23.3. The van der Waals surface area contributed by atoms with Gasteiger partial charge in [0.15, 0.2) is 12.2 Å². The Morgan fingerprint density at radius 3 is 2.40 bits per heavy atom. The third-order valence-corrected chi connectivity index (χ3v) is 3.36. The van der Waals surface area contributed by atoms with Crippen molar-refractivity contribution in [3.05, 3.63) is 30.3 Å². The van der Waals surface area contributed by atoms with Crippen molar-refractivity contribution in [2.45, 2.75) is 37.7 Å². The maximum atomic E-state index is 11.8. The SMILES string of the molecule is O=C(COC(=O)C1(O)CCCCC1)Oc1ccccc1. The lowest BCUT2D eigenvalue weighted by atomic mass is 9.85. The summed E-state index contributed by atoms with van der Waals surface area (Å²) < 4.78 is 9.84. The first-order valence-electron chi connectivity index (χ1n) is 6.75. The van der Waals surface area contributed by atoms with Gasteiger partial charge in [-0.15, -0.1) is 0 Å². The van der Waals surface area contributed by atoms with Gasteiger partial charge in [0.05, 0.1) is 0 Å². The van der Waals surface area contributed by atoms with Crippen molar-refractivity contribution in [1.29, 1.82) is 0 Å². The summed E-state index contributed by atoms with van der Waals surface area (Å²) in [6, 6.07) is 8.54. The van der Waals surface area contributed by atoms with Crippen LogP contribution in [0.4, 0.5) is 0 Å². The molecule has 1 aliphatic carbocycles. The van der Waals surface area contributed by atoms with E-state index < -0.39 is 24.1 Å². The molecular formula is C15H18O5. The summed E-state index contributed by atoms with van der Waals surface area (Å²) in [6.45, 7) is -0.490. The lowest BCUT2D eigenvalue weighted by Gasteiger charge is -2.29. The van der Waals surface area contributed by atoms with Gasteiger partial charge in [0, 0.05) is 0 Å². The van der Waals surface area contributed by atoms with E-state index in [1.54, 1.807) is 30.3 Å². The zero-order valence-electron chi connectivity index (χ0n) is 11.2. The van der Waals surface area contributed by atoms with Gasteiger partial charge in [-0.25, -0.2) is 9.59 Å². The molecule has 0 amide bonds. The molecule has 0 bridgehead atoms. The molecule has 1 fully saturated rings. The van der Waals surface area contributed by atoms with E-state index in [0.29, 0.717) is 18.6 Å². The fraction of sp³-hybridized carbons (Fsp3) is 0.467. The Morgan fingerprint density at radius 1 is 1.10 bits per heavy atom. The number of hydrogen-bond acceptors (Lipinski definition) is 5. The summed E-state index contributed by atoms with van der Waals surface area (Å²) in [5.41, 5.74) is -1.44. The first-order valence-corrected chi connectivity index (χ1v) is 6.75. The topological polar surface area (TPSA) is 72.8 Å². The first-order chi connectivity index (χ1) is 9.60. The highest BCUT2D eigenvalue weighted by atomic mass is 16.6. The molecule has 20 heavy (non-hydrogen) atoms. The van der Waals surface area contributed by atoms with Crippen LogP contribution in [0.3, 0.4) is 0 Å². The second-order valence-electron chi connectivity index (χ2n) is 4.96. The average molecular weight is 278 g/mol. The number of para-hydroxylation sites is 1. The van der Waals surface area contributed by atoms with E-state index in [1.807, 2.05) is 0 Å². The Hall–Kier alpha value is -1.88. The third kappa shape index (κ3) is 3.81. The zero-order valence-corrected chi connectivity index (χ0v) is 11.2. The van der Waals surface area contributed by atoms with Crippen molar-refractivity contribution in [2.24, 2.45) is 0 Å². The molecule has 5 heteroatoms. The van der Waals surface area contributed by atoms with E-state index >= 15 is 0 Å². The number of hydrogen-bond donors (Lipinski definition) is 1. The molecule has 1 aromatic rings. The second kappa shape index (κ2) is 6.52. The van der Waals surface area contributed by atoms with Crippen molar-refractivity contribution in [2.75, 3.05) is 6.61 Å². The fourth-order valence-corrected chi connectivity index (χ4v) is 2.25. The number of aliphatic hydroxyl groups is 1. The van der Waals surface area contributed by atoms with Gasteiger partial charge in [-0.2, -0.15) is 0 Å².